The summed E-state index contributed by atoms with van der Waals surface area (Å²) < 4.78 is 24.4. The number of halogens is 1. The lowest BCUT2D eigenvalue weighted by Crippen LogP contribution is -2.29. The largest absolute Gasteiger partial charge is 0.493 e. The number of hydrogen-bond acceptors (Lipinski definition) is 6. The third-order valence-electron chi connectivity index (χ3n) is 4.78. The van der Waals surface area contributed by atoms with Crippen LogP contribution in [0.2, 0.25) is 0 Å². The van der Waals surface area contributed by atoms with Crippen LogP contribution in [0.3, 0.4) is 0 Å². The number of carbonyl (C=O) groups is 1. The number of thiazole rings is 1. The lowest BCUT2D eigenvalue weighted by molar-refractivity contribution is -0.120. The van der Waals surface area contributed by atoms with E-state index in [1.165, 1.54) is 17.4 Å². The van der Waals surface area contributed by atoms with Gasteiger partial charge in [-0.15, -0.1) is 11.3 Å². The van der Waals surface area contributed by atoms with Gasteiger partial charge in [-0.25, -0.2) is 9.37 Å². The van der Waals surface area contributed by atoms with E-state index in [4.69, 9.17) is 9.47 Å². The average molecular weight is 444 g/mol. The highest BCUT2D eigenvalue weighted by Crippen LogP contribution is 2.33. The predicted molar refractivity (Wildman–Crippen MR) is 122 cm³/mol. The quantitative estimate of drug-likeness (QED) is 0.477. The molecule has 164 valence electrons. The third-order valence-corrected chi connectivity index (χ3v) is 5.72. The smallest absolute Gasteiger partial charge is 0.226 e. The van der Waals surface area contributed by atoms with Crippen molar-refractivity contribution in [3.05, 3.63) is 59.4 Å². The Labute approximate surface area is 185 Å². The molecular weight excluding hydrogens is 417 g/mol. The van der Waals surface area contributed by atoms with Gasteiger partial charge in [0.1, 0.15) is 10.8 Å². The summed E-state index contributed by atoms with van der Waals surface area (Å²) in [5, 5.41) is 5.61. The second-order valence-electron chi connectivity index (χ2n) is 6.97. The second kappa shape index (κ2) is 10.8. The Morgan fingerprint density at radius 3 is 2.68 bits per heavy atom. The molecule has 0 aliphatic carbocycles. The number of hydrogen-bond donors (Lipinski definition) is 1. The van der Waals surface area contributed by atoms with Crippen LogP contribution in [-0.4, -0.2) is 45.2 Å². The number of anilines is 1. The van der Waals surface area contributed by atoms with E-state index >= 15 is 0 Å². The predicted octanol–water partition coefficient (Wildman–Crippen LogP) is 4.15. The van der Waals surface area contributed by atoms with Gasteiger partial charge in [0.05, 0.1) is 32.0 Å². The standard InChI is InChI=1S/C23H26FN3O3S/c1-27(19-8-5-4-7-18(19)24)12-6-11-25-22(28)14-17-15-31-23(26-17)16-9-10-20(29-2)21(13-16)30-3/h4-5,7-10,13,15H,6,11-12,14H2,1-3H3,(H,25,28). The van der Waals surface area contributed by atoms with Crippen molar-refractivity contribution in [3.63, 3.8) is 0 Å². The molecule has 0 saturated heterocycles. The average Bonchev–Trinajstić information content (AvgIpc) is 3.24. The highest BCUT2D eigenvalue weighted by Gasteiger charge is 2.12. The fourth-order valence-electron chi connectivity index (χ4n) is 3.14. The topological polar surface area (TPSA) is 63.7 Å². The highest BCUT2D eigenvalue weighted by atomic mass is 32.1. The van der Waals surface area contributed by atoms with E-state index in [2.05, 4.69) is 10.3 Å². The van der Waals surface area contributed by atoms with E-state index in [1.54, 1.807) is 32.4 Å². The third kappa shape index (κ3) is 5.95. The molecule has 0 aliphatic heterocycles. The van der Waals surface area contributed by atoms with Crippen molar-refractivity contribution in [2.24, 2.45) is 0 Å². The first-order valence-corrected chi connectivity index (χ1v) is 10.8. The molecule has 3 aromatic rings. The van der Waals surface area contributed by atoms with Gasteiger partial charge in [0, 0.05) is 31.1 Å². The molecule has 0 atom stereocenters. The van der Waals surface area contributed by atoms with Crippen LogP contribution in [0.5, 0.6) is 11.5 Å². The highest BCUT2D eigenvalue weighted by molar-refractivity contribution is 7.13. The maximum atomic E-state index is 13.8. The van der Waals surface area contributed by atoms with Crippen LogP contribution < -0.4 is 19.7 Å². The molecule has 31 heavy (non-hydrogen) atoms. The summed E-state index contributed by atoms with van der Waals surface area (Å²) >= 11 is 1.48. The first kappa shape index (κ1) is 22.6. The molecule has 1 amide bonds. The first-order valence-electron chi connectivity index (χ1n) is 9.91. The summed E-state index contributed by atoms with van der Waals surface area (Å²) in [6.07, 6.45) is 0.928. The zero-order valence-electron chi connectivity index (χ0n) is 17.9. The number of amides is 1. The Hall–Kier alpha value is -3.13. The Morgan fingerprint density at radius 1 is 1.16 bits per heavy atom. The van der Waals surface area contributed by atoms with E-state index in [0.29, 0.717) is 36.7 Å². The van der Waals surface area contributed by atoms with Crippen molar-refractivity contribution in [1.82, 2.24) is 10.3 Å². The number of ether oxygens (including phenoxy) is 2. The van der Waals surface area contributed by atoms with Crippen LogP contribution in [0.25, 0.3) is 10.6 Å². The summed E-state index contributed by atoms with van der Waals surface area (Å²) in [7, 11) is 5.02. The van der Waals surface area contributed by atoms with Crippen LogP contribution in [0.1, 0.15) is 12.1 Å². The Balaban J connectivity index is 1.47. The maximum Gasteiger partial charge on any atom is 0.226 e. The van der Waals surface area contributed by atoms with Gasteiger partial charge in [-0.1, -0.05) is 12.1 Å². The minimum atomic E-state index is -0.247. The summed E-state index contributed by atoms with van der Waals surface area (Å²) in [6, 6.07) is 12.3. The Bertz CT molecular complexity index is 1020. The van der Waals surface area contributed by atoms with Crippen molar-refractivity contribution >= 4 is 22.9 Å². The van der Waals surface area contributed by atoms with Crippen molar-refractivity contribution in [3.8, 4) is 22.1 Å². The van der Waals surface area contributed by atoms with Gasteiger partial charge in [-0.2, -0.15) is 0 Å². The molecule has 0 unspecified atom stereocenters. The first-order chi connectivity index (χ1) is 15.0. The maximum absolute atomic E-state index is 13.8. The van der Waals surface area contributed by atoms with Gasteiger partial charge < -0.3 is 19.7 Å². The van der Waals surface area contributed by atoms with Crippen molar-refractivity contribution in [2.75, 3.05) is 39.3 Å². The molecule has 0 bridgehead atoms. The van der Waals surface area contributed by atoms with Gasteiger partial charge in [-0.3, -0.25) is 4.79 Å². The van der Waals surface area contributed by atoms with Crippen LogP contribution >= 0.6 is 11.3 Å². The monoisotopic (exact) mass is 443 g/mol. The number of rotatable bonds is 10. The number of carbonyl (C=O) groups excluding carboxylic acids is 1. The molecule has 2 aromatic carbocycles. The van der Waals surface area contributed by atoms with Crippen LogP contribution in [0, 0.1) is 5.82 Å². The van der Waals surface area contributed by atoms with Crippen LogP contribution in [0.4, 0.5) is 10.1 Å². The van der Waals surface area contributed by atoms with Gasteiger partial charge >= 0.3 is 0 Å². The Morgan fingerprint density at radius 2 is 1.94 bits per heavy atom. The van der Waals surface area contributed by atoms with E-state index in [9.17, 15) is 9.18 Å². The fourth-order valence-corrected chi connectivity index (χ4v) is 3.96. The molecule has 1 heterocycles. The van der Waals surface area contributed by atoms with E-state index in [-0.39, 0.29) is 18.1 Å². The minimum Gasteiger partial charge on any atom is -0.493 e. The summed E-state index contributed by atoms with van der Waals surface area (Å²) in [5.41, 5.74) is 2.18. The number of aromatic nitrogens is 1. The number of benzene rings is 2. The summed E-state index contributed by atoms with van der Waals surface area (Å²) in [6.45, 7) is 1.16. The molecule has 6 nitrogen and oxygen atoms in total. The Kier molecular flexibility index (Phi) is 7.83. The summed E-state index contributed by atoms with van der Waals surface area (Å²) in [5.74, 6) is 0.957. The molecule has 8 heteroatoms. The zero-order chi connectivity index (χ0) is 22.2. The molecule has 0 radical (unpaired) electrons. The SMILES string of the molecule is COc1ccc(-c2nc(CC(=O)NCCCN(C)c3ccccc3F)cs2)cc1OC. The van der Waals surface area contributed by atoms with E-state index in [1.807, 2.05) is 35.5 Å². The molecule has 0 saturated carbocycles. The fraction of sp³-hybridized carbons (Fsp3) is 0.304. The molecule has 1 aromatic heterocycles. The van der Waals surface area contributed by atoms with Crippen molar-refractivity contribution in [2.45, 2.75) is 12.8 Å². The zero-order valence-corrected chi connectivity index (χ0v) is 18.7. The molecule has 0 spiro atoms. The minimum absolute atomic E-state index is 0.0855. The van der Waals surface area contributed by atoms with Gasteiger partial charge in [0.2, 0.25) is 5.91 Å². The molecular formula is C23H26FN3O3S. The molecule has 0 aliphatic rings. The number of nitrogens with zero attached hydrogens (tertiary/aromatic N) is 2. The van der Waals surface area contributed by atoms with Gasteiger partial charge in [0.25, 0.3) is 0 Å². The van der Waals surface area contributed by atoms with Crippen LogP contribution in [0.15, 0.2) is 47.8 Å². The van der Waals surface area contributed by atoms with E-state index < -0.39 is 0 Å². The normalized spacial score (nSPS) is 10.6. The molecule has 0 fully saturated rings. The van der Waals surface area contributed by atoms with Crippen LogP contribution in [-0.2, 0) is 11.2 Å². The van der Waals surface area contributed by atoms with Gasteiger partial charge in [-0.05, 0) is 36.8 Å². The van der Waals surface area contributed by atoms with E-state index in [0.717, 1.165) is 16.3 Å². The van der Waals surface area contributed by atoms with Gasteiger partial charge in [0.15, 0.2) is 11.5 Å². The van der Waals surface area contributed by atoms with Crippen molar-refractivity contribution in [1.29, 1.82) is 0 Å². The van der Waals surface area contributed by atoms with Crippen molar-refractivity contribution < 1.29 is 18.7 Å². The molecule has 1 N–H and O–H groups in total. The lowest BCUT2D eigenvalue weighted by atomic mass is 10.2. The summed E-state index contributed by atoms with van der Waals surface area (Å²) in [4.78, 5) is 18.7. The second-order valence-corrected chi connectivity index (χ2v) is 7.83. The number of nitrogens with one attached hydrogen (secondary N) is 1. The lowest BCUT2D eigenvalue weighted by Gasteiger charge is -2.19. The molecule has 3 rings (SSSR count). The number of methoxy groups -OCH3 is 2. The number of para-hydroxylation sites is 1.